The first-order chi connectivity index (χ1) is 4.83. The molecule has 5 N–H and O–H groups in total. The summed E-state index contributed by atoms with van der Waals surface area (Å²) in [5, 5.41) is 8.55. The smallest absolute Gasteiger partial charge is 0.381 e. The molecular formula is C3H8NO6P. The van der Waals surface area contributed by atoms with Crippen LogP contribution in [-0.4, -0.2) is 33.5 Å². The summed E-state index contributed by atoms with van der Waals surface area (Å²) in [6.45, 7) is -0.806. The van der Waals surface area contributed by atoms with Gasteiger partial charge in [-0.25, -0.2) is 4.57 Å². The van der Waals surface area contributed by atoms with E-state index in [1.54, 1.807) is 0 Å². The summed E-state index contributed by atoms with van der Waals surface area (Å²) in [4.78, 5) is 26.2. The molecule has 0 heterocycles. The van der Waals surface area contributed by atoms with Crippen LogP contribution in [0.15, 0.2) is 0 Å². The predicted molar refractivity (Wildman–Crippen MR) is 33.2 cm³/mol. The number of primary amides is 1. The van der Waals surface area contributed by atoms with Gasteiger partial charge in [-0.15, -0.1) is 0 Å². The summed E-state index contributed by atoms with van der Waals surface area (Å²) >= 11 is 0. The molecule has 0 radical (unpaired) electrons. The minimum Gasteiger partial charge on any atom is -0.381 e. The van der Waals surface area contributed by atoms with E-state index in [-0.39, 0.29) is 0 Å². The van der Waals surface area contributed by atoms with Gasteiger partial charge >= 0.3 is 7.82 Å². The molecule has 0 spiro atoms. The molecule has 0 aliphatic carbocycles. The number of amides is 1. The van der Waals surface area contributed by atoms with Crippen molar-refractivity contribution >= 4 is 13.7 Å². The molecular weight excluding hydrogens is 177 g/mol. The Kier molecular flexibility index (Phi) is 3.64. The number of phosphoric acid groups is 1. The van der Waals surface area contributed by atoms with Crippen molar-refractivity contribution in [2.75, 3.05) is 6.61 Å². The van der Waals surface area contributed by atoms with E-state index in [9.17, 15) is 9.36 Å². The number of hydrogen-bond acceptors (Lipinski definition) is 4. The molecule has 8 heteroatoms. The first-order valence-corrected chi connectivity index (χ1v) is 4.03. The van der Waals surface area contributed by atoms with Crippen LogP contribution < -0.4 is 5.73 Å². The van der Waals surface area contributed by atoms with E-state index in [2.05, 4.69) is 10.3 Å². The van der Waals surface area contributed by atoms with Crippen molar-refractivity contribution < 1.29 is 28.8 Å². The maximum absolute atomic E-state index is 10.1. The summed E-state index contributed by atoms with van der Waals surface area (Å²) in [6, 6.07) is 0. The Labute approximate surface area is 62.0 Å². The van der Waals surface area contributed by atoms with Gasteiger partial charge in [0.1, 0.15) is 0 Å². The average molecular weight is 185 g/mol. The first-order valence-electron chi connectivity index (χ1n) is 2.50. The average Bonchev–Trinajstić information content (AvgIpc) is 1.80. The zero-order valence-electron chi connectivity index (χ0n) is 5.38. The molecule has 1 amide bonds. The minimum absolute atomic E-state index is 0.806. The van der Waals surface area contributed by atoms with Crippen LogP contribution in [0.1, 0.15) is 0 Å². The second-order valence-corrected chi connectivity index (χ2v) is 2.94. The maximum Gasteiger partial charge on any atom is 0.469 e. The highest BCUT2D eigenvalue weighted by molar-refractivity contribution is 7.46. The van der Waals surface area contributed by atoms with Crippen molar-refractivity contribution in [3.05, 3.63) is 0 Å². The number of nitrogens with two attached hydrogens (primary N) is 1. The third-order valence-electron chi connectivity index (χ3n) is 0.729. The van der Waals surface area contributed by atoms with E-state index in [1.165, 1.54) is 0 Å². The lowest BCUT2D eigenvalue weighted by molar-refractivity contribution is -0.127. The summed E-state index contributed by atoms with van der Waals surface area (Å²) in [6.07, 6.45) is -1.69. The van der Waals surface area contributed by atoms with Gasteiger partial charge in [-0.2, -0.15) is 0 Å². The molecule has 7 nitrogen and oxygen atoms in total. The monoisotopic (exact) mass is 185 g/mol. The highest BCUT2D eigenvalue weighted by atomic mass is 31.2. The fraction of sp³-hybridized carbons (Fsp3) is 0.667. The molecule has 0 bridgehead atoms. The molecule has 0 aliphatic heterocycles. The van der Waals surface area contributed by atoms with Gasteiger partial charge in [0.25, 0.3) is 0 Å². The van der Waals surface area contributed by atoms with Crippen LogP contribution in [0.3, 0.4) is 0 Å². The van der Waals surface area contributed by atoms with Gasteiger partial charge < -0.3 is 20.6 Å². The quantitative estimate of drug-likeness (QED) is 0.372. The highest BCUT2D eigenvalue weighted by Gasteiger charge is 2.19. The van der Waals surface area contributed by atoms with E-state index in [0.29, 0.717) is 0 Å². The summed E-state index contributed by atoms with van der Waals surface area (Å²) in [5.74, 6) is -1.10. The molecule has 0 rings (SSSR count). The number of carbonyl (C=O) groups is 1. The lowest BCUT2D eigenvalue weighted by atomic mass is 10.4. The molecule has 0 aliphatic rings. The first kappa shape index (κ1) is 10.5. The Morgan fingerprint density at radius 1 is 1.64 bits per heavy atom. The van der Waals surface area contributed by atoms with Gasteiger partial charge in [0.05, 0.1) is 6.61 Å². The van der Waals surface area contributed by atoms with Crippen molar-refractivity contribution in [3.8, 4) is 0 Å². The molecule has 1 atom stereocenters. The SMILES string of the molecule is NC(=O)C(O)COP(=O)(O)O. The Balaban J connectivity index is 3.72. The Bertz CT molecular complexity index is 186. The molecule has 0 fully saturated rings. The van der Waals surface area contributed by atoms with Gasteiger partial charge in [0.2, 0.25) is 5.91 Å². The standard InChI is InChI=1S/C3H8NO6P/c4-3(6)2(5)1-10-11(7,8)9/h2,5H,1H2,(H2,4,6)(H2,7,8,9). The Morgan fingerprint density at radius 3 is 2.36 bits per heavy atom. The Morgan fingerprint density at radius 2 is 2.09 bits per heavy atom. The van der Waals surface area contributed by atoms with Crippen LogP contribution in [-0.2, 0) is 13.9 Å². The van der Waals surface area contributed by atoms with E-state index in [4.69, 9.17) is 14.9 Å². The van der Waals surface area contributed by atoms with E-state index in [0.717, 1.165) is 0 Å². The molecule has 0 aromatic heterocycles. The van der Waals surface area contributed by atoms with Gasteiger partial charge in [-0.3, -0.25) is 9.32 Å². The zero-order valence-corrected chi connectivity index (χ0v) is 6.27. The molecule has 66 valence electrons. The number of hydrogen-bond donors (Lipinski definition) is 4. The van der Waals surface area contributed by atoms with Gasteiger partial charge in [0, 0.05) is 0 Å². The summed E-state index contributed by atoms with van der Waals surface area (Å²) < 4.78 is 13.7. The minimum atomic E-state index is -4.63. The van der Waals surface area contributed by atoms with Crippen molar-refractivity contribution in [3.63, 3.8) is 0 Å². The number of aliphatic hydroxyl groups is 1. The molecule has 0 aromatic carbocycles. The second-order valence-electron chi connectivity index (χ2n) is 1.70. The van der Waals surface area contributed by atoms with Crippen LogP contribution in [0.5, 0.6) is 0 Å². The van der Waals surface area contributed by atoms with Crippen LogP contribution >= 0.6 is 7.82 Å². The summed E-state index contributed by atoms with van der Waals surface area (Å²) in [7, 11) is -4.63. The topological polar surface area (TPSA) is 130 Å². The molecule has 1 unspecified atom stereocenters. The van der Waals surface area contributed by atoms with Gasteiger partial charge in [-0.05, 0) is 0 Å². The summed E-state index contributed by atoms with van der Waals surface area (Å²) in [5.41, 5.74) is 4.54. The van der Waals surface area contributed by atoms with Crippen molar-refractivity contribution in [1.82, 2.24) is 0 Å². The van der Waals surface area contributed by atoms with Crippen LogP contribution in [0.25, 0.3) is 0 Å². The number of rotatable bonds is 4. The number of phosphoric ester groups is 1. The van der Waals surface area contributed by atoms with E-state index >= 15 is 0 Å². The predicted octanol–water partition coefficient (Wildman–Crippen LogP) is -2.06. The van der Waals surface area contributed by atoms with E-state index < -0.39 is 26.4 Å². The fourth-order valence-electron chi connectivity index (χ4n) is 0.250. The molecule has 0 saturated carbocycles. The number of aliphatic hydroxyl groups excluding tert-OH is 1. The maximum atomic E-state index is 10.1. The third kappa shape index (κ3) is 5.96. The van der Waals surface area contributed by atoms with Crippen molar-refractivity contribution in [1.29, 1.82) is 0 Å². The Hall–Kier alpha value is -0.460. The largest absolute Gasteiger partial charge is 0.469 e. The lowest BCUT2D eigenvalue weighted by Gasteiger charge is -2.07. The second kappa shape index (κ2) is 3.80. The third-order valence-corrected chi connectivity index (χ3v) is 1.21. The highest BCUT2D eigenvalue weighted by Crippen LogP contribution is 2.35. The van der Waals surface area contributed by atoms with Gasteiger partial charge in [0.15, 0.2) is 6.10 Å². The fourth-order valence-corrected chi connectivity index (χ4v) is 0.585. The normalized spacial score (nSPS) is 14.5. The van der Waals surface area contributed by atoms with E-state index in [1.807, 2.05) is 0 Å². The van der Waals surface area contributed by atoms with Crippen molar-refractivity contribution in [2.45, 2.75) is 6.10 Å². The van der Waals surface area contributed by atoms with Crippen LogP contribution in [0, 0.1) is 0 Å². The molecule has 0 aromatic rings. The lowest BCUT2D eigenvalue weighted by Crippen LogP contribution is -2.31. The number of carbonyl (C=O) groups excluding carboxylic acids is 1. The van der Waals surface area contributed by atoms with Gasteiger partial charge in [-0.1, -0.05) is 0 Å². The van der Waals surface area contributed by atoms with Crippen molar-refractivity contribution in [2.24, 2.45) is 5.73 Å². The zero-order chi connectivity index (χ0) is 9.07. The van der Waals surface area contributed by atoms with Crippen LogP contribution in [0.2, 0.25) is 0 Å². The molecule has 11 heavy (non-hydrogen) atoms. The van der Waals surface area contributed by atoms with Crippen LogP contribution in [0.4, 0.5) is 0 Å². The molecule has 0 saturated heterocycles.